The average molecular weight is 526 g/mol. The smallest absolute Gasteiger partial charge is 0.350 e. The number of aryl methyl sites for hydroxylation is 1. The van der Waals surface area contributed by atoms with Crippen LogP contribution in [0, 0.1) is 6.92 Å². The second kappa shape index (κ2) is 10.3. The Morgan fingerprint density at radius 3 is 2.71 bits per heavy atom. The maximum Gasteiger partial charge on any atom is 0.350 e. The molecule has 0 radical (unpaired) electrons. The van der Waals surface area contributed by atoms with E-state index in [1.165, 1.54) is 22.7 Å². The maximum absolute atomic E-state index is 12.8. The summed E-state index contributed by atoms with van der Waals surface area (Å²) in [7, 11) is -0.620. The van der Waals surface area contributed by atoms with Gasteiger partial charge in [0, 0.05) is 32.7 Å². The summed E-state index contributed by atoms with van der Waals surface area (Å²) in [5.41, 5.74) is 1.94. The van der Waals surface area contributed by atoms with Crippen molar-refractivity contribution in [2.45, 2.75) is 52.3 Å². The predicted molar refractivity (Wildman–Crippen MR) is 132 cm³/mol. The van der Waals surface area contributed by atoms with Crippen molar-refractivity contribution in [3.63, 3.8) is 0 Å². The lowest BCUT2D eigenvalue weighted by Crippen LogP contribution is -2.45. The zero-order valence-corrected chi connectivity index (χ0v) is 21.9. The molecule has 1 saturated heterocycles. The highest BCUT2D eigenvalue weighted by Crippen LogP contribution is 2.33. The van der Waals surface area contributed by atoms with Crippen LogP contribution in [0.25, 0.3) is 0 Å². The van der Waals surface area contributed by atoms with E-state index >= 15 is 0 Å². The molecule has 1 atom stereocenters. The molecule has 2 aromatic rings. The van der Waals surface area contributed by atoms with Crippen molar-refractivity contribution in [2.24, 2.45) is 0 Å². The predicted octanol–water partition coefficient (Wildman–Crippen LogP) is 1.64. The topological polar surface area (TPSA) is 141 Å². The summed E-state index contributed by atoms with van der Waals surface area (Å²) in [5.74, 6) is 0.388. The van der Waals surface area contributed by atoms with Gasteiger partial charge in [-0.25, -0.2) is 14.8 Å². The summed E-state index contributed by atoms with van der Waals surface area (Å²) in [5, 5.41) is 14.2. The normalized spacial score (nSPS) is 19.0. The Labute approximate surface area is 209 Å². The van der Waals surface area contributed by atoms with Crippen LogP contribution in [0.5, 0.6) is 0 Å². The van der Waals surface area contributed by atoms with Crippen LogP contribution < -0.4 is 10.2 Å². The number of aromatic nitrogens is 3. The molecule has 192 valence electrons. The molecule has 2 aromatic heterocycles. The van der Waals surface area contributed by atoms with E-state index in [-0.39, 0.29) is 19.1 Å². The van der Waals surface area contributed by atoms with Gasteiger partial charge in [0.15, 0.2) is 5.13 Å². The van der Waals surface area contributed by atoms with Crippen LogP contribution in [0.15, 0.2) is 0 Å². The lowest BCUT2D eigenvalue weighted by molar-refractivity contribution is 0.0531. The number of nitrogens with zero attached hydrogens (tertiary/aromatic N) is 6. The largest absolute Gasteiger partial charge is 0.462 e. The molecular formula is C21H31N7O5S2. The minimum atomic E-state index is -3.62. The van der Waals surface area contributed by atoms with E-state index in [1.54, 1.807) is 13.8 Å². The number of hydrogen-bond acceptors (Lipinski definition) is 11. The Morgan fingerprint density at radius 1 is 1.26 bits per heavy atom. The number of ether oxygens (including phenoxy) is 1. The summed E-state index contributed by atoms with van der Waals surface area (Å²) in [6.45, 7) is 4.77. The van der Waals surface area contributed by atoms with Gasteiger partial charge in [-0.3, -0.25) is 5.32 Å². The van der Waals surface area contributed by atoms with Crippen LogP contribution in [-0.4, -0.2) is 83.1 Å². The number of anilines is 3. The molecule has 2 aliphatic heterocycles. The highest BCUT2D eigenvalue weighted by atomic mass is 32.2. The van der Waals surface area contributed by atoms with Crippen LogP contribution in [0.4, 0.5) is 16.9 Å². The molecule has 1 fully saturated rings. The lowest BCUT2D eigenvalue weighted by atomic mass is 10.0. The Kier molecular flexibility index (Phi) is 7.57. The number of fused-ring (bicyclic) bond motifs is 1. The van der Waals surface area contributed by atoms with Crippen LogP contribution in [0.3, 0.4) is 0 Å². The minimum absolute atomic E-state index is 0.0922. The third kappa shape index (κ3) is 5.26. The summed E-state index contributed by atoms with van der Waals surface area (Å²) in [6.07, 6.45) is 2.26. The zero-order chi connectivity index (χ0) is 25.3. The number of rotatable bonds is 7. The molecule has 0 amide bonds. The third-order valence-corrected chi connectivity index (χ3v) is 8.96. The van der Waals surface area contributed by atoms with Gasteiger partial charge in [0.25, 0.3) is 10.2 Å². The molecule has 2 aliphatic rings. The molecule has 12 nitrogen and oxygen atoms in total. The van der Waals surface area contributed by atoms with E-state index in [1.807, 2.05) is 4.90 Å². The fraction of sp³-hybridized carbons (Fsp3) is 0.619. The zero-order valence-electron chi connectivity index (χ0n) is 20.3. The second-order valence-corrected chi connectivity index (χ2v) is 11.8. The molecule has 2 N–H and O–H groups in total. The van der Waals surface area contributed by atoms with Gasteiger partial charge < -0.3 is 14.7 Å². The number of nitrogens with one attached hydrogen (secondary N) is 1. The van der Waals surface area contributed by atoms with Crippen LogP contribution >= 0.6 is 11.3 Å². The number of piperidine rings is 1. The first-order valence-corrected chi connectivity index (χ1v) is 13.8. The number of hydrogen-bond donors (Lipinski definition) is 2. The van der Waals surface area contributed by atoms with E-state index in [2.05, 4.69) is 15.3 Å². The van der Waals surface area contributed by atoms with Gasteiger partial charge in [0.05, 0.1) is 24.5 Å². The first-order chi connectivity index (χ1) is 16.6. The molecule has 4 rings (SSSR count). The van der Waals surface area contributed by atoms with Gasteiger partial charge in [0.1, 0.15) is 16.9 Å². The van der Waals surface area contributed by atoms with Crippen molar-refractivity contribution >= 4 is 44.4 Å². The number of carbonyl (C=O) groups is 1. The Hall–Kier alpha value is -2.39. The highest BCUT2D eigenvalue weighted by molar-refractivity contribution is 7.86. The van der Waals surface area contributed by atoms with E-state index in [0.717, 1.165) is 29.7 Å². The van der Waals surface area contributed by atoms with E-state index in [4.69, 9.17) is 9.72 Å². The van der Waals surface area contributed by atoms with Crippen molar-refractivity contribution in [1.82, 2.24) is 23.6 Å². The van der Waals surface area contributed by atoms with Crippen molar-refractivity contribution in [3.05, 3.63) is 21.8 Å². The summed E-state index contributed by atoms with van der Waals surface area (Å²) < 4.78 is 33.2. The number of aliphatic hydroxyl groups excluding tert-OH is 1. The Bertz CT molecular complexity index is 1200. The van der Waals surface area contributed by atoms with Crippen molar-refractivity contribution in [3.8, 4) is 0 Å². The van der Waals surface area contributed by atoms with Gasteiger partial charge in [-0.05, 0) is 39.5 Å². The van der Waals surface area contributed by atoms with E-state index in [9.17, 15) is 18.3 Å². The standard InChI is InChI=1S/C21H31N7O5S2/c1-5-33-19(30)17-13(2)22-21(34-17)25-20-23-15-12-27(35(31,32)26(3)4)11-9-14(15)18(24-20)28-10-7-6-8-16(28)29/h16,29H,5-12H2,1-4H3,(H,22,23,24,25). The SMILES string of the molecule is CCOC(=O)c1sc(Nc2nc3c(c(N4CCCCC4O)n2)CCN(S(=O)(=O)N(C)C)C3)nc1C. The minimum Gasteiger partial charge on any atom is -0.462 e. The summed E-state index contributed by atoms with van der Waals surface area (Å²) >= 11 is 1.14. The van der Waals surface area contributed by atoms with Crippen LogP contribution in [-0.2, 0) is 27.9 Å². The molecule has 0 aromatic carbocycles. The van der Waals surface area contributed by atoms with Gasteiger partial charge in [0.2, 0.25) is 5.95 Å². The molecule has 14 heteroatoms. The fourth-order valence-electron chi connectivity index (χ4n) is 4.20. The first-order valence-electron chi connectivity index (χ1n) is 11.6. The average Bonchev–Trinajstić information content (AvgIpc) is 3.18. The van der Waals surface area contributed by atoms with Crippen molar-refractivity contribution < 1.29 is 23.1 Å². The monoisotopic (exact) mass is 525 g/mol. The fourth-order valence-corrected chi connectivity index (χ4v) is 6.12. The number of esters is 1. The van der Waals surface area contributed by atoms with E-state index in [0.29, 0.717) is 53.1 Å². The Morgan fingerprint density at radius 2 is 2.03 bits per heavy atom. The van der Waals surface area contributed by atoms with Crippen LogP contribution in [0.1, 0.15) is 52.8 Å². The van der Waals surface area contributed by atoms with Crippen LogP contribution in [0.2, 0.25) is 0 Å². The molecule has 0 aliphatic carbocycles. The maximum atomic E-state index is 12.8. The van der Waals surface area contributed by atoms with E-state index < -0.39 is 22.4 Å². The van der Waals surface area contributed by atoms with Gasteiger partial charge in [-0.1, -0.05) is 11.3 Å². The molecule has 4 heterocycles. The molecular weight excluding hydrogens is 494 g/mol. The highest BCUT2D eigenvalue weighted by Gasteiger charge is 2.34. The quantitative estimate of drug-likeness (QED) is 0.512. The van der Waals surface area contributed by atoms with Gasteiger partial charge in [-0.2, -0.15) is 22.0 Å². The lowest BCUT2D eigenvalue weighted by Gasteiger charge is -2.37. The van der Waals surface area contributed by atoms with Crippen molar-refractivity contribution in [2.75, 3.05) is 44.0 Å². The number of aliphatic hydroxyl groups is 1. The molecule has 1 unspecified atom stereocenters. The number of carbonyl (C=O) groups excluding carboxylic acids is 1. The number of thiazole rings is 1. The summed E-state index contributed by atoms with van der Waals surface area (Å²) in [6, 6.07) is 0. The third-order valence-electron chi connectivity index (χ3n) is 6.02. The molecule has 35 heavy (non-hydrogen) atoms. The molecule has 0 bridgehead atoms. The summed E-state index contributed by atoms with van der Waals surface area (Å²) in [4.78, 5) is 28.2. The second-order valence-electron chi connectivity index (χ2n) is 8.62. The Balaban J connectivity index is 1.71. The molecule has 0 spiro atoms. The first kappa shape index (κ1) is 25.7. The van der Waals surface area contributed by atoms with Gasteiger partial charge in [-0.15, -0.1) is 0 Å². The van der Waals surface area contributed by atoms with Gasteiger partial charge >= 0.3 is 5.97 Å². The van der Waals surface area contributed by atoms with Crippen molar-refractivity contribution in [1.29, 1.82) is 0 Å². The molecule has 0 saturated carbocycles.